The van der Waals surface area contributed by atoms with Crippen molar-refractivity contribution in [2.75, 3.05) is 6.61 Å². The molecular formula is C22H25N3O4. The lowest BCUT2D eigenvalue weighted by molar-refractivity contribution is -0.135. The number of aryl methyl sites for hydroxylation is 1. The van der Waals surface area contributed by atoms with Crippen LogP contribution < -0.4 is 10.9 Å². The SMILES string of the molecule is Cc1nc2cccc(C#CCCCCCCO)c2c(=O)n1C1CCC(=O)NC1=O. The third kappa shape index (κ3) is 4.72. The first-order chi connectivity index (χ1) is 14.0. The molecule has 152 valence electrons. The fourth-order valence-corrected chi connectivity index (χ4v) is 3.59. The normalized spacial score (nSPS) is 16.4. The zero-order chi connectivity index (χ0) is 20.8. The number of benzene rings is 1. The van der Waals surface area contributed by atoms with Gasteiger partial charge in [-0.05, 0) is 38.3 Å². The summed E-state index contributed by atoms with van der Waals surface area (Å²) in [5, 5.41) is 11.5. The average molecular weight is 395 g/mol. The van der Waals surface area contributed by atoms with Gasteiger partial charge >= 0.3 is 0 Å². The van der Waals surface area contributed by atoms with Crippen molar-refractivity contribution in [2.45, 2.75) is 57.9 Å². The number of rotatable bonds is 6. The van der Waals surface area contributed by atoms with Gasteiger partial charge in [-0.1, -0.05) is 30.7 Å². The second-order valence-electron chi connectivity index (χ2n) is 7.19. The van der Waals surface area contributed by atoms with E-state index in [2.05, 4.69) is 22.1 Å². The van der Waals surface area contributed by atoms with Crippen molar-refractivity contribution >= 4 is 22.7 Å². The summed E-state index contributed by atoms with van der Waals surface area (Å²) < 4.78 is 1.38. The van der Waals surface area contributed by atoms with Crippen LogP contribution in [0.2, 0.25) is 0 Å². The lowest BCUT2D eigenvalue weighted by atomic mass is 10.0. The van der Waals surface area contributed by atoms with E-state index in [1.807, 2.05) is 6.07 Å². The van der Waals surface area contributed by atoms with Gasteiger partial charge in [0.2, 0.25) is 11.8 Å². The van der Waals surface area contributed by atoms with Gasteiger partial charge < -0.3 is 5.11 Å². The highest BCUT2D eigenvalue weighted by Crippen LogP contribution is 2.21. The van der Waals surface area contributed by atoms with Crippen LogP contribution in [0, 0.1) is 18.8 Å². The van der Waals surface area contributed by atoms with Gasteiger partial charge in [-0.15, -0.1) is 0 Å². The summed E-state index contributed by atoms with van der Waals surface area (Å²) in [7, 11) is 0. The predicted octanol–water partition coefficient (Wildman–Crippen LogP) is 1.98. The molecule has 29 heavy (non-hydrogen) atoms. The minimum atomic E-state index is -0.746. The smallest absolute Gasteiger partial charge is 0.263 e. The van der Waals surface area contributed by atoms with Crippen molar-refractivity contribution < 1.29 is 14.7 Å². The van der Waals surface area contributed by atoms with E-state index in [0.717, 1.165) is 25.7 Å². The Morgan fingerprint density at radius 1 is 1.21 bits per heavy atom. The van der Waals surface area contributed by atoms with E-state index in [1.54, 1.807) is 19.1 Å². The number of amides is 2. The van der Waals surface area contributed by atoms with Crippen molar-refractivity contribution in [3.05, 3.63) is 39.9 Å². The molecule has 2 heterocycles. The van der Waals surface area contributed by atoms with Crippen molar-refractivity contribution in [3.8, 4) is 11.8 Å². The number of fused-ring (bicyclic) bond motifs is 1. The topological polar surface area (TPSA) is 101 Å². The molecule has 1 aromatic carbocycles. The summed E-state index contributed by atoms with van der Waals surface area (Å²) in [6, 6.07) is 4.62. The van der Waals surface area contributed by atoms with Gasteiger partial charge in [0, 0.05) is 25.0 Å². The van der Waals surface area contributed by atoms with Gasteiger partial charge in [0.05, 0.1) is 10.9 Å². The summed E-state index contributed by atoms with van der Waals surface area (Å²) >= 11 is 0. The Labute approximate surface area is 169 Å². The summed E-state index contributed by atoms with van der Waals surface area (Å²) in [5.41, 5.74) is 0.831. The highest BCUT2D eigenvalue weighted by atomic mass is 16.3. The van der Waals surface area contributed by atoms with Crippen molar-refractivity contribution in [1.82, 2.24) is 14.9 Å². The number of nitrogens with zero attached hydrogens (tertiary/aromatic N) is 2. The molecule has 0 aliphatic carbocycles. The molecule has 0 bridgehead atoms. The number of imide groups is 1. The Morgan fingerprint density at radius 2 is 2.00 bits per heavy atom. The van der Waals surface area contributed by atoms with E-state index >= 15 is 0 Å². The molecule has 1 aliphatic heterocycles. The summed E-state index contributed by atoms with van der Waals surface area (Å²) in [4.78, 5) is 41.5. The highest BCUT2D eigenvalue weighted by Gasteiger charge is 2.30. The third-order valence-corrected chi connectivity index (χ3v) is 5.06. The number of aliphatic hydroxyl groups excluding tert-OH is 1. The molecule has 1 saturated heterocycles. The van der Waals surface area contributed by atoms with Crippen LogP contribution >= 0.6 is 0 Å². The molecule has 3 rings (SSSR count). The number of aromatic nitrogens is 2. The number of hydrogen-bond acceptors (Lipinski definition) is 5. The number of hydrogen-bond donors (Lipinski definition) is 2. The van der Waals surface area contributed by atoms with Crippen LogP contribution in [0.15, 0.2) is 23.0 Å². The molecule has 0 radical (unpaired) electrons. The Kier molecular flexibility index (Phi) is 6.78. The Morgan fingerprint density at radius 3 is 2.76 bits per heavy atom. The largest absolute Gasteiger partial charge is 0.396 e. The molecule has 1 atom stereocenters. The molecule has 7 heteroatoms. The lowest BCUT2D eigenvalue weighted by Crippen LogP contribution is -2.45. The molecule has 1 aromatic heterocycles. The van der Waals surface area contributed by atoms with Gasteiger partial charge in [-0.2, -0.15) is 0 Å². The fraction of sp³-hybridized carbons (Fsp3) is 0.455. The summed E-state index contributed by atoms with van der Waals surface area (Å²) in [6.07, 6.45) is 4.91. The summed E-state index contributed by atoms with van der Waals surface area (Å²) in [5.74, 6) is 5.83. The number of carbonyl (C=O) groups is 2. The second-order valence-corrected chi connectivity index (χ2v) is 7.19. The first-order valence-corrected chi connectivity index (χ1v) is 9.98. The number of carbonyl (C=O) groups excluding carboxylic acids is 2. The van der Waals surface area contributed by atoms with Gasteiger partial charge in [-0.25, -0.2) is 4.98 Å². The van der Waals surface area contributed by atoms with Crippen LogP contribution in [0.4, 0.5) is 0 Å². The summed E-state index contributed by atoms with van der Waals surface area (Å²) in [6.45, 7) is 1.91. The highest BCUT2D eigenvalue weighted by molar-refractivity contribution is 5.99. The maximum absolute atomic E-state index is 13.3. The van der Waals surface area contributed by atoms with E-state index in [-0.39, 0.29) is 30.9 Å². The molecule has 1 aliphatic rings. The Balaban J connectivity index is 1.92. The van der Waals surface area contributed by atoms with E-state index in [1.165, 1.54) is 4.57 Å². The van der Waals surface area contributed by atoms with Crippen molar-refractivity contribution in [2.24, 2.45) is 0 Å². The molecule has 1 fully saturated rings. The zero-order valence-electron chi connectivity index (χ0n) is 16.5. The molecule has 2 aromatic rings. The average Bonchev–Trinajstić information content (AvgIpc) is 2.68. The number of aliphatic hydroxyl groups is 1. The van der Waals surface area contributed by atoms with E-state index < -0.39 is 11.9 Å². The van der Waals surface area contributed by atoms with E-state index in [0.29, 0.717) is 28.7 Å². The number of unbranched alkanes of at least 4 members (excludes halogenated alkanes) is 4. The Hall–Kier alpha value is -2.98. The van der Waals surface area contributed by atoms with Crippen LogP contribution in [-0.2, 0) is 9.59 Å². The third-order valence-electron chi connectivity index (χ3n) is 5.06. The van der Waals surface area contributed by atoms with Crippen LogP contribution in [0.1, 0.15) is 62.4 Å². The molecule has 7 nitrogen and oxygen atoms in total. The Bertz CT molecular complexity index is 1050. The minimum absolute atomic E-state index is 0.193. The first-order valence-electron chi connectivity index (χ1n) is 9.98. The lowest BCUT2D eigenvalue weighted by Gasteiger charge is -2.24. The van der Waals surface area contributed by atoms with Crippen LogP contribution in [0.3, 0.4) is 0 Å². The molecular weight excluding hydrogens is 370 g/mol. The molecule has 2 amide bonds. The maximum atomic E-state index is 13.3. The van der Waals surface area contributed by atoms with E-state index in [4.69, 9.17) is 5.11 Å². The maximum Gasteiger partial charge on any atom is 0.263 e. The molecule has 0 saturated carbocycles. The van der Waals surface area contributed by atoms with Crippen molar-refractivity contribution in [1.29, 1.82) is 0 Å². The van der Waals surface area contributed by atoms with Crippen LogP contribution in [0.25, 0.3) is 10.9 Å². The minimum Gasteiger partial charge on any atom is -0.396 e. The van der Waals surface area contributed by atoms with E-state index in [9.17, 15) is 14.4 Å². The fourth-order valence-electron chi connectivity index (χ4n) is 3.59. The quantitative estimate of drug-likeness (QED) is 0.442. The van der Waals surface area contributed by atoms with Gasteiger partial charge in [0.25, 0.3) is 5.56 Å². The predicted molar refractivity (Wildman–Crippen MR) is 109 cm³/mol. The first kappa shape index (κ1) is 20.7. The zero-order valence-corrected chi connectivity index (χ0v) is 16.5. The molecule has 1 unspecified atom stereocenters. The van der Waals surface area contributed by atoms with Crippen LogP contribution in [0.5, 0.6) is 0 Å². The number of nitrogens with one attached hydrogen (secondary N) is 1. The van der Waals surface area contributed by atoms with Gasteiger partial charge in [0.15, 0.2) is 0 Å². The van der Waals surface area contributed by atoms with Gasteiger partial charge in [-0.3, -0.25) is 24.3 Å². The standard InChI is InChI=1S/C22H25N3O4/c1-15-23-17-11-8-10-16(9-6-4-2-3-5-7-14-26)20(17)22(29)25(15)18-12-13-19(27)24-21(18)28/h8,10-11,18,26H,2-5,7,12-14H2,1H3,(H,24,27,28). The van der Waals surface area contributed by atoms with Crippen molar-refractivity contribution in [3.63, 3.8) is 0 Å². The molecule has 2 N–H and O–H groups in total. The molecule has 0 spiro atoms. The van der Waals surface area contributed by atoms with Gasteiger partial charge in [0.1, 0.15) is 11.9 Å². The second kappa shape index (κ2) is 9.48. The number of piperidine rings is 1. The monoisotopic (exact) mass is 395 g/mol. The van der Waals surface area contributed by atoms with Crippen LogP contribution in [-0.4, -0.2) is 33.1 Å².